The fourth-order valence-corrected chi connectivity index (χ4v) is 3.53. The van der Waals surface area contributed by atoms with Crippen LogP contribution in [0.5, 0.6) is 5.75 Å². The average Bonchev–Trinajstić information content (AvgIpc) is 2.75. The molecule has 7 nitrogen and oxygen atoms in total. The number of anilines is 1. The maximum absolute atomic E-state index is 11.5. The molecule has 2 heterocycles. The van der Waals surface area contributed by atoms with E-state index >= 15 is 0 Å². The summed E-state index contributed by atoms with van der Waals surface area (Å²) in [7, 11) is 3.06. The van der Waals surface area contributed by atoms with Crippen molar-refractivity contribution in [2.24, 2.45) is 0 Å². The van der Waals surface area contributed by atoms with Gasteiger partial charge in [-0.3, -0.25) is 4.98 Å². The van der Waals surface area contributed by atoms with Gasteiger partial charge < -0.3 is 24.6 Å². The van der Waals surface area contributed by atoms with E-state index in [1.807, 2.05) is 24.4 Å². The van der Waals surface area contributed by atoms with E-state index in [-0.39, 0.29) is 6.04 Å². The number of hydrogen-bond donors (Lipinski definition) is 2. The number of pyridine rings is 1. The molecule has 1 fully saturated rings. The van der Waals surface area contributed by atoms with Crippen molar-refractivity contribution in [2.75, 3.05) is 51.8 Å². The summed E-state index contributed by atoms with van der Waals surface area (Å²) in [5.74, 6) is 0.869. The molecule has 2 N–H and O–H groups in total. The zero-order chi connectivity index (χ0) is 19.1. The summed E-state index contributed by atoms with van der Waals surface area (Å²) in [5.41, 5.74) is 2.34. The van der Waals surface area contributed by atoms with E-state index in [4.69, 9.17) is 9.47 Å². The van der Waals surface area contributed by atoms with Crippen molar-refractivity contribution in [3.05, 3.63) is 54.4 Å². The number of aromatic nitrogens is 1. The zero-order valence-electron chi connectivity index (χ0n) is 15.9. The number of alkyl carbamates (subject to hydrolysis) is 1. The lowest BCUT2D eigenvalue weighted by Gasteiger charge is -2.37. The van der Waals surface area contributed by atoms with Crippen molar-refractivity contribution < 1.29 is 19.2 Å². The van der Waals surface area contributed by atoms with Crippen molar-refractivity contribution in [3.63, 3.8) is 0 Å². The molecule has 0 radical (unpaired) electrons. The lowest BCUT2D eigenvalue weighted by atomic mass is 10.1. The number of rotatable bonds is 6. The molecule has 3 rings (SSSR count). The second-order valence-corrected chi connectivity index (χ2v) is 6.55. The van der Waals surface area contributed by atoms with Gasteiger partial charge >= 0.3 is 6.09 Å². The predicted octanol–water partition coefficient (Wildman–Crippen LogP) is 0.892. The van der Waals surface area contributed by atoms with E-state index in [9.17, 15) is 4.79 Å². The number of ether oxygens (including phenoxy) is 2. The first kappa shape index (κ1) is 19.0. The molecule has 1 unspecified atom stereocenters. The number of piperazine rings is 1. The molecule has 1 amide bonds. The van der Waals surface area contributed by atoms with Gasteiger partial charge in [0.05, 0.1) is 46.9 Å². The van der Waals surface area contributed by atoms with Gasteiger partial charge in [0, 0.05) is 23.6 Å². The third kappa shape index (κ3) is 4.89. The Labute approximate surface area is 159 Å². The number of methoxy groups -OCH3 is 2. The minimum absolute atomic E-state index is 0.149. The van der Waals surface area contributed by atoms with Gasteiger partial charge in [-0.1, -0.05) is 0 Å². The van der Waals surface area contributed by atoms with Crippen molar-refractivity contribution in [3.8, 4) is 5.75 Å². The van der Waals surface area contributed by atoms with E-state index in [0.29, 0.717) is 6.54 Å². The highest BCUT2D eigenvalue weighted by Crippen LogP contribution is 2.19. The molecule has 0 bridgehead atoms. The summed E-state index contributed by atoms with van der Waals surface area (Å²) in [6.07, 6.45) is 3.25. The van der Waals surface area contributed by atoms with Gasteiger partial charge in [0.2, 0.25) is 0 Å². The lowest BCUT2D eigenvalue weighted by molar-refractivity contribution is -0.931. The van der Waals surface area contributed by atoms with Gasteiger partial charge in [-0.15, -0.1) is 0 Å². The topological polar surface area (TPSA) is 68.1 Å². The molecule has 1 atom stereocenters. The SMILES string of the molecule is COC(=O)NCC(c1cccnc1)[NH+]1CCN(c2ccc(OC)cc2)CC1. The highest BCUT2D eigenvalue weighted by molar-refractivity contribution is 5.66. The van der Waals surface area contributed by atoms with Gasteiger partial charge in [-0.25, -0.2) is 4.79 Å². The third-order valence-electron chi connectivity index (χ3n) is 5.06. The Kier molecular flexibility index (Phi) is 6.49. The molecule has 2 aromatic rings. The normalized spacial score (nSPS) is 15.9. The van der Waals surface area contributed by atoms with Crippen LogP contribution in [0.2, 0.25) is 0 Å². The molecule has 144 valence electrons. The third-order valence-corrected chi connectivity index (χ3v) is 5.06. The maximum atomic E-state index is 11.5. The molecule has 27 heavy (non-hydrogen) atoms. The first-order valence-corrected chi connectivity index (χ1v) is 9.16. The van der Waals surface area contributed by atoms with E-state index in [0.717, 1.165) is 37.5 Å². The van der Waals surface area contributed by atoms with Crippen LogP contribution in [0.25, 0.3) is 0 Å². The number of nitrogens with zero attached hydrogens (tertiary/aromatic N) is 2. The Morgan fingerprint density at radius 1 is 1.22 bits per heavy atom. The van der Waals surface area contributed by atoms with Crippen LogP contribution in [0.4, 0.5) is 10.5 Å². The Balaban J connectivity index is 1.65. The van der Waals surface area contributed by atoms with Crippen molar-refractivity contribution in [1.29, 1.82) is 0 Å². The summed E-state index contributed by atoms with van der Waals surface area (Å²) in [4.78, 5) is 19.6. The summed E-state index contributed by atoms with van der Waals surface area (Å²) in [6, 6.07) is 12.3. The van der Waals surface area contributed by atoms with E-state index in [1.165, 1.54) is 17.7 Å². The quantitative estimate of drug-likeness (QED) is 0.790. The molecule has 1 aromatic heterocycles. The van der Waals surface area contributed by atoms with Crippen LogP contribution in [-0.4, -0.2) is 58.0 Å². The fourth-order valence-electron chi connectivity index (χ4n) is 3.53. The van der Waals surface area contributed by atoms with Crippen LogP contribution in [0.1, 0.15) is 11.6 Å². The number of carbonyl (C=O) groups excluding carboxylic acids is 1. The van der Waals surface area contributed by atoms with Crippen LogP contribution in [0.15, 0.2) is 48.8 Å². The lowest BCUT2D eigenvalue weighted by Crippen LogP contribution is -3.15. The zero-order valence-corrected chi connectivity index (χ0v) is 15.9. The van der Waals surface area contributed by atoms with Gasteiger partial charge in [0.1, 0.15) is 11.8 Å². The van der Waals surface area contributed by atoms with Crippen LogP contribution in [-0.2, 0) is 4.74 Å². The minimum Gasteiger partial charge on any atom is -0.497 e. The number of nitrogens with one attached hydrogen (secondary N) is 2. The van der Waals surface area contributed by atoms with Crippen molar-refractivity contribution in [2.45, 2.75) is 6.04 Å². The number of amides is 1. The second-order valence-electron chi connectivity index (χ2n) is 6.55. The van der Waals surface area contributed by atoms with Gasteiger partial charge in [0.15, 0.2) is 0 Å². The molecule has 0 spiro atoms. The van der Waals surface area contributed by atoms with E-state index in [1.54, 1.807) is 13.3 Å². The van der Waals surface area contributed by atoms with Gasteiger partial charge in [-0.2, -0.15) is 0 Å². The summed E-state index contributed by atoms with van der Waals surface area (Å²) >= 11 is 0. The molecule has 1 aliphatic rings. The smallest absolute Gasteiger partial charge is 0.407 e. The molecule has 0 aliphatic carbocycles. The van der Waals surface area contributed by atoms with E-state index < -0.39 is 6.09 Å². The predicted molar refractivity (Wildman–Crippen MR) is 103 cm³/mol. The fraction of sp³-hybridized carbons (Fsp3) is 0.400. The van der Waals surface area contributed by atoms with Crippen LogP contribution < -0.4 is 19.9 Å². The largest absolute Gasteiger partial charge is 0.497 e. The van der Waals surface area contributed by atoms with Crippen LogP contribution in [0.3, 0.4) is 0 Å². The number of quaternary nitrogens is 1. The first-order chi connectivity index (χ1) is 13.2. The van der Waals surface area contributed by atoms with E-state index in [2.05, 4.69) is 33.4 Å². The Morgan fingerprint density at radius 3 is 2.56 bits per heavy atom. The molecular weight excluding hydrogens is 344 g/mol. The number of hydrogen-bond acceptors (Lipinski definition) is 5. The number of carbonyl (C=O) groups is 1. The standard InChI is InChI=1S/C20H26N4O3/c1-26-18-7-5-17(6-8-18)23-10-12-24(13-11-23)19(15-22-20(25)27-2)16-4-3-9-21-14-16/h3-9,14,19H,10-13,15H2,1-2H3,(H,22,25)/p+1. The summed E-state index contributed by atoms with van der Waals surface area (Å²) in [5, 5.41) is 2.85. The van der Waals surface area contributed by atoms with Crippen molar-refractivity contribution in [1.82, 2.24) is 10.3 Å². The highest BCUT2D eigenvalue weighted by atomic mass is 16.5. The van der Waals surface area contributed by atoms with Gasteiger partial charge in [-0.05, 0) is 36.4 Å². The Hall–Kier alpha value is -2.80. The molecule has 0 saturated carbocycles. The molecule has 1 aromatic carbocycles. The molecule has 1 aliphatic heterocycles. The molecule has 1 saturated heterocycles. The monoisotopic (exact) mass is 371 g/mol. The summed E-state index contributed by atoms with van der Waals surface area (Å²) < 4.78 is 9.96. The summed E-state index contributed by atoms with van der Waals surface area (Å²) in [6.45, 7) is 4.40. The van der Waals surface area contributed by atoms with Crippen molar-refractivity contribution >= 4 is 11.8 Å². The molecular formula is C20H27N4O3+. The highest BCUT2D eigenvalue weighted by Gasteiger charge is 2.29. The van der Waals surface area contributed by atoms with Crippen LogP contribution in [0, 0.1) is 0 Å². The van der Waals surface area contributed by atoms with Gasteiger partial charge in [0.25, 0.3) is 0 Å². The average molecular weight is 371 g/mol. The first-order valence-electron chi connectivity index (χ1n) is 9.16. The number of benzene rings is 1. The maximum Gasteiger partial charge on any atom is 0.407 e. The minimum atomic E-state index is -0.403. The second kappa shape index (κ2) is 9.23. The Bertz CT molecular complexity index is 716. The molecule has 7 heteroatoms. The Morgan fingerprint density at radius 2 is 1.96 bits per heavy atom. The van der Waals surface area contributed by atoms with Crippen LogP contribution >= 0.6 is 0 Å².